The van der Waals surface area contributed by atoms with E-state index >= 15 is 0 Å². The monoisotopic (exact) mass is 471 g/mol. The summed E-state index contributed by atoms with van der Waals surface area (Å²) in [4.78, 5) is 27.9. The number of rotatable bonds is 8. The number of nitrogens with zero attached hydrogens (tertiary/aromatic N) is 2. The molecule has 2 aliphatic rings. The summed E-state index contributed by atoms with van der Waals surface area (Å²) in [7, 11) is 0. The third-order valence-corrected chi connectivity index (χ3v) is 7.23. The average molecular weight is 472 g/mol. The molecule has 3 N–H and O–H groups in total. The lowest BCUT2D eigenvalue weighted by Crippen LogP contribution is -2.48. The van der Waals surface area contributed by atoms with Crippen molar-refractivity contribution in [3.05, 3.63) is 70.8 Å². The van der Waals surface area contributed by atoms with E-state index in [2.05, 4.69) is 4.90 Å². The van der Waals surface area contributed by atoms with E-state index < -0.39 is 29.6 Å². The number of aliphatic hydroxyl groups excluding tert-OH is 1. The number of hydrogen-bond donors (Lipinski definition) is 2. The number of carbonyl (C=O) groups is 2. The minimum absolute atomic E-state index is 0.174. The SMILES string of the molecule is C[C@H](O)C(=O)N(CCN1[C@@H]2CC[C@H]1C[C@@H](c1cccc(C(N)=O)c1)C2)Cc1c(F)cccc1F. The Morgan fingerprint density at radius 3 is 2.32 bits per heavy atom. The molecule has 0 saturated carbocycles. The first kappa shape index (κ1) is 24.3. The molecule has 8 heteroatoms. The van der Waals surface area contributed by atoms with Crippen LogP contribution in [0.4, 0.5) is 8.78 Å². The van der Waals surface area contributed by atoms with Gasteiger partial charge in [0.15, 0.2) is 0 Å². The first-order valence-electron chi connectivity index (χ1n) is 11.8. The van der Waals surface area contributed by atoms with Crippen molar-refractivity contribution in [3.8, 4) is 0 Å². The van der Waals surface area contributed by atoms with Gasteiger partial charge in [-0.1, -0.05) is 18.2 Å². The van der Waals surface area contributed by atoms with Crippen LogP contribution in [0.2, 0.25) is 0 Å². The molecule has 4 atom stereocenters. The van der Waals surface area contributed by atoms with Gasteiger partial charge in [0.05, 0.1) is 6.54 Å². The molecule has 0 radical (unpaired) electrons. The number of benzene rings is 2. The van der Waals surface area contributed by atoms with Crippen molar-refractivity contribution in [1.82, 2.24) is 9.80 Å². The summed E-state index contributed by atoms with van der Waals surface area (Å²) in [6.07, 6.45) is 2.71. The van der Waals surface area contributed by atoms with Crippen LogP contribution in [0.15, 0.2) is 42.5 Å². The highest BCUT2D eigenvalue weighted by atomic mass is 19.1. The molecular formula is C26H31F2N3O3. The van der Waals surface area contributed by atoms with Gasteiger partial charge < -0.3 is 15.7 Å². The summed E-state index contributed by atoms with van der Waals surface area (Å²) in [5.74, 6) is -2.06. The third-order valence-electron chi connectivity index (χ3n) is 7.23. The minimum Gasteiger partial charge on any atom is -0.384 e. The topological polar surface area (TPSA) is 86.9 Å². The Morgan fingerprint density at radius 2 is 1.74 bits per heavy atom. The Labute approximate surface area is 198 Å². The Hall–Kier alpha value is -2.84. The normalized spacial score (nSPS) is 23.0. The molecule has 2 aliphatic heterocycles. The van der Waals surface area contributed by atoms with Crippen LogP contribution < -0.4 is 5.73 Å². The molecule has 182 valence electrons. The van der Waals surface area contributed by atoms with Gasteiger partial charge in [0.1, 0.15) is 17.7 Å². The summed E-state index contributed by atoms with van der Waals surface area (Å²) in [5, 5.41) is 9.86. The Kier molecular flexibility index (Phi) is 7.28. The van der Waals surface area contributed by atoms with Crippen molar-refractivity contribution in [2.24, 2.45) is 5.73 Å². The second-order valence-electron chi connectivity index (χ2n) is 9.42. The number of amides is 2. The predicted octanol–water partition coefficient (Wildman–Crippen LogP) is 3.18. The number of primary amides is 1. The van der Waals surface area contributed by atoms with E-state index in [9.17, 15) is 23.5 Å². The summed E-state index contributed by atoms with van der Waals surface area (Å²) in [6, 6.07) is 11.8. The molecule has 2 saturated heterocycles. The van der Waals surface area contributed by atoms with Crippen molar-refractivity contribution in [2.75, 3.05) is 13.1 Å². The standard InChI is InChI=1S/C26H31F2N3O3/c1-16(32)26(34)30(15-22-23(27)6-3-7-24(22)28)10-11-31-20-8-9-21(31)14-19(13-20)17-4-2-5-18(12-17)25(29)33/h2-7,12,16,19-21,32H,8-11,13-15H2,1H3,(H2,29,33)/t16-,19-,20+,21-/m0/s1. The van der Waals surface area contributed by atoms with Crippen molar-refractivity contribution in [2.45, 2.75) is 63.3 Å². The fourth-order valence-electron chi connectivity index (χ4n) is 5.50. The van der Waals surface area contributed by atoms with Crippen molar-refractivity contribution < 1.29 is 23.5 Å². The number of halogens is 2. The Morgan fingerprint density at radius 1 is 1.12 bits per heavy atom. The summed E-state index contributed by atoms with van der Waals surface area (Å²) >= 11 is 0. The Bertz CT molecular complexity index is 1030. The zero-order valence-corrected chi connectivity index (χ0v) is 19.3. The molecule has 0 aliphatic carbocycles. The lowest BCUT2D eigenvalue weighted by atomic mass is 9.84. The summed E-state index contributed by atoms with van der Waals surface area (Å²) < 4.78 is 28.4. The van der Waals surface area contributed by atoms with Crippen LogP contribution in [-0.4, -0.2) is 58.0 Å². The van der Waals surface area contributed by atoms with Crippen molar-refractivity contribution in [1.29, 1.82) is 0 Å². The lowest BCUT2D eigenvalue weighted by Gasteiger charge is -2.40. The third kappa shape index (κ3) is 5.13. The number of nitrogens with two attached hydrogens (primary N) is 1. The van der Waals surface area contributed by atoms with E-state index in [1.54, 1.807) is 6.07 Å². The van der Waals surface area contributed by atoms with E-state index in [-0.39, 0.29) is 18.7 Å². The van der Waals surface area contributed by atoms with E-state index in [1.165, 1.54) is 30.0 Å². The highest BCUT2D eigenvalue weighted by Gasteiger charge is 2.41. The van der Waals surface area contributed by atoms with Gasteiger partial charge in [-0.3, -0.25) is 14.5 Å². The quantitative estimate of drug-likeness (QED) is 0.619. The van der Waals surface area contributed by atoms with E-state index in [4.69, 9.17) is 5.73 Å². The smallest absolute Gasteiger partial charge is 0.251 e. The molecule has 2 amide bonds. The maximum Gasteiger partial charge on any atom is 0.251 e. The fraction of sp³-hybridized carbons (Fsp3) is 0.462. The first-order valence-corrected chi connectivity index (χ1v) is 11.8. The van der Waals surface area contributed by atoms with Gasteiger partial charge >= 0.3 is 0 Å². The van der Waals surface area contributed by atoms with Crippen LogP contribution in [-0.2, 0) is 11.3 Å². The largest absolute Gasteiger partial charge is 0.384 e. The molecule has 4 rings (SSSR count). The molecule has 2 fully saturated rings. The van der Waals surface area contributed by atoms with Gasteiger partial charge in [0, 0.05) is 36.3 Å². The number of hydrogen-bond acceptors (Lipinski definition) is 4. The Balaban J connectivity index is 1.44. The van der Waals surface area contributed by atoms with Crippen LogP contribution in [0.3, 0.4) is 0 Å². The number of carbonyl (C=O) groups excluding carboxylic acids is 2. The number of aliphatic hydroxyl groups is 1. The summed E-state index contributed by atoms with van der Waals surface area (Å²) in [6.45, 7) is 1.97. The minimum atomic E-state index is -1.25. The van der Waals surface area contributed by atoms with Crippen LogP contribution in [0.5, 0.6) is 0 Å². The number of piperidine rings is 1. The number of fused-ring (bicyclic) bond motifs is 2. The highest BCUT2D eigenvalue weighted by molar-refractivity contribution is 5.92. The van der Waals surface area contributed by atoms with Crippen LogP contribution in [0.25, 0.3) is 0 Å². The van der Waals surface area contributed by atoms with E-state index in [0.29, 0.717) is 30.1 Å². The van der Waals surface area contributed by atoms with Crippen LogP contribution in [0.1, 0.15) is 60.0 Å². The van der Waals surface area contributed by atoms with Gasteiger partial charge in [0.2, 0.25) is 5.91 Å². The molecule has 0 aromatic heterocycles. The first-order chi connectivity index (χ1) is 16.2. The highest BCUT2D eigenvalue weighted by Crippen LogP contribution is 2.43. The molecule has 0 spiro atoms. The maximum atomic E-state index is 14.2. The predicted molar refractivity (Wildman–Crippen MR) is 124 cm³/mol. The van der Waals surface area contributed by atoms with E-state index in [1.807, 2.05) is 18.2 Å². The van der Waals surface area contributed by atoms with Gasteiger partial charge in [-0.2, -0.15) is 0 Å². The lowest BCUT2D eigenvalue weighted by molar-refractivity contribution is -0.140. The summed E-state index contributed by atoms with van der Waals surface area (Å²) in [5.41, 5.74) is 6.90. The van der Waals surface area contributed by atoms with Crippen LogP contribution >= 0.6 is 0 Å². The molecule has 6 nitrogen and oxygen atoms in total. The fourth-order valence-corrected chi connectivity index (χ4v) is 5.50. The molecular weight excluding hydrogens is 440 g/mol. The molecule has 2 aromatic rings. The molecule has 2 heterocycles. The van der Waals surface area contributed by atoms with Crippen molar-refractivity contribution in [3.63, 3.8) is 0 Å². The molecule has 2 bridgehead atoms. The van der Waals surface area contributed by atoms with E-state index in [0.717, 1.165) is 31.2 Å². The second kappa shape index (κ2) is 10.2. The molecule has 34 heavy (non-hydrogen) atoms. The van der Waals surface area contributed by atoms with Gasteiger partial charge in [0.25, 0.3) is 5.91 Å². The van der Waals surface area contributed by atoms with Gasteiger partial charge in [-0.05, 0) is 68.4 Å². The maximum absolute atomic E-state index is 14.2. The molecule has 0 unspecified atom stereocenters. The zero-order chi connectivity index (χ0) is 24.4. The second-order valence-corrected chi connectivity index (χ2v) is 9.42. The van der Waals surface area contributed by atoms with Gasteiger partial charge in [-0.15, -0.1) is 0 Å². The van der Waals surface area contributed by atoms with Crippen molar-refractivity contribution >= 4 is 11.8 Å². The van der Waals surface area contributed by atoms with Crippen LogP contribution in [0, 0.1) is 11.6 Å². The average Bonchev–Trinajstić information content (AvgIpc) is 3.04. The van der Waals surface area contributed by atoms with Gasteiger partial charge in [-0.25, -0.2) is 8.78 Å². The zero-order valence-electron chi connectivity index (χ0n) is 19.3. The molecule has 2 aromatic carbocycles.